The summed E-state index contributed by atoms with van der Waals surface area (Å²) in [6.07, 6.45) is 6.83. The summed E-state index contributed by atoms with van der Waals surface area (Å²) in [6, 6.07) is 13.7. The van der Waals surface area contributed by atoms with Crippen molar-refractivity contribution in [3.8, 4) is 0 Å². The molecule has 36 heavy (non-hydrogen) atoms. The summed E-state index contributed by atoms with van der Waals surface area (Å²) >= 11 is 0. The largest absolute Gasteiger partial charge is 0.443 e. The molecule has 0 aromatic heterocycles. The second-order valence-electron chi connectivity index (χ2n) is 10.9. The molecule has 6 nitrogen and oxygen atoms in total. The second-order valence-corrected chi connectivity index (χ2v) is 13.1. The molecule has 196 valence electrons. The number of ether oxygens (including phenoxy) is 3. The fraction of sp³-hybridized carbons (Fsp3) is 0.552. The predicted octanol–water partition coefficient (Wildman–Crippen LogP) is 5.30. The van der Waals surface area contributed by atoms with Crippen LogP contribution in [0.5, 0.6) is 0 Å². The first-order chi connectivity index (χ1) is 17.1. The average molecular weight is 515 g/mol. The van der Waals surface area contributed by atoms with Gasteiger partial charge in [0.1, 0.15) is 29.2 Å². The standard InChI is InChI=1S/C29H39NO5S/c1-19(2)14-15-24-28(3,35-24)26-25(33-4)23(16-17-29(26,32)18-36(5)6)34-27(31)30-22-13-9-11-20-10-7-8-12-21(20)22/h7-14,23-26,32H,15-18H2,1-6H3/p+1. The summed E-state index contributed by atoms with van der Waals surface area (Å²) in [5.41, 5.74) is 0.448. The number of carbonyl (C=O) groups is 1. The molecule has 1 heterocycles. The molecule has 0 bridgehead atoms. The van der Waals surface area contributed by atoms with Crippen LogP contribution in [-0.2, 0) is 25.1 Å². The van der Waals surface area contributed by atoms with E-state index < -0.39 is 29.5 Å². The Morgan fingerprint density at radius 3 is 2.64 bits per heavy atom. The maximum atomic E-state index is 13.0. The van der Waals surface area contributed by atoms with Gasteiger partial charge in [-0.3, -0.25) is 5.32 Å². The van der Waals surface area contributed by atoms with Crippen molar-refractivity contribution in [2.24, 2.45) is 5.92 Å². The van der Waals surface area contributed by atoms with Crippen LogP contribution in [0, 0.1) is 5.92 Å². The van der Waals surface area contributed by atoms with E-state index in [9.17, 15) is 9.90 Å². The topological polar surface area (TPSA) is 80.3 Å². The van der Waals surface area contributed by atoms with Gasteiger partial charge in [-0.1, -0.05) is 48.0 Å². The molecule has 1 saturated heterocycles. The minimum atomic E-state index is -0.951. The molecule has 6 atom stereocenters. The van der Waals surface area contributed by atoms with E-state index in [0.717, 1.165) is 17.2 Å². The molecular formula is C29H40NO5S+. The highest BCUT2D eigenvalue weighted by Gasteiger charge is 2.68. The van der Waals surface area contributed by atoms with Gasteiger partial charge in [0.25, 0.3) is 0 Å². The van der Waals surface area contributed by atoms with Gasteiger partial charge in [-0.15, -0.1) is 0 Å². The molecule has 2 aromatic rings. The van der Waals surface area contributed by atoms with Crippen LogP contribution in [-0.4, -0.2) is 66.1 Å². The number of fused-ring (bicyclic) bond motifs is 1. The lowest BCUT2D eigenvalue weighted by molar-refractivity contribution is -0.169. The Morgan fingerprint density at radius 1 is 1.22 bits per heavy atom. The van der Waals surface area contributed by atoms with E-state index in [2.05, 4.69) is 44.7 Å². The Hall–Kier alpha value is -2.06. The summed E-state index contributed by atoms with van der Waals surface area (Å²) in [5.74, 6) is 0.352. The molecule has 2 fully saturated rings. The van der Waals surface area contributed by atoms with Gasteiger partial charge < -0.3 is 19.3 Å². The predicted molar refractivity (Wildman–Crippen MR) is 148 cm³/mol. The van der Waals surface area contributed by atoms with Gasteiger partial charge in [-0.2, -0.15) is 0 Å². The lowest BCUT2D eigenvalue weighted by Gasteiger charge is -2.47. The van der Waals surface area contributed by atoms with Crippen LogP contribution < -0.4 is 5.32 Å². The summed E-state index contributed by atoms with van der Waals surface area (Å²) in [7, 11) is 1.66. The van der Waals surface area contributed by atoms with Gasteiger partial charge in [0.05, 0.1) is 30.2 Å². The zero-order valence-corrected chi connectivity index (χ0v) is 23.1. The monoisotopic (exact) mass is 514 g/mol. The maximum Gasteiger partial charge on any atom is 0.412 e. The van der Waals surface area contributed by atoms with Crippen molar-refractivity contribution in [3.63, 3.8) is 0 Å². The minimum absolute atomic E-state index is 0.000306. The number of methoxy groups -OCH3 is 1. The first-order valence-corrected chi connectivity index (χ1v) is 14.8. The molecule has 0 spiro atoms. The quantitative estimate of drug-likeness (QED) is 0.284. The van der Waals surface area contributed by atoms with E-state index in [1.807, 2.05) is 42.5 Å². The molecule has 0 radical (unpaired) electrons. The molecule has 1 amide bonds. The lowest BCUT2D eigenvalue weighted by atomic mass is 9.66. The summed E-state index contributed by atoms with van der Waals surface area (Å²) in [6.45, 7) is 6.22. The average Bonchev–Trinajstić information content (AvgIpc) is 3.48. The molecule has 7 heteroatoms. The van der Waals surface area contributed by atoms with Gasteiger partial charge in [0, 0.05) is 12.5 Å². The van der Waals surface area contributed by atoms with Crippen molar-refractivity contribution < 1.29 is 24.1 Å². The number of nitrogens with one attached hydrogen (secondary N) is 1. The van der Waals surface area contributed by atoms with Crippen molar-refractivity contribution >= 4 is 33.4 Å². The van der Waals surface area contributed by atoms with E-state index in [1.165, 1.54) is 5.57 Å². The van der Waals surface area contributed by atoms with Gasteiger partial charge in [0.15, 0.2) is 0 Å². The van der Waals surface area contributed by atoms with Crippen LogP contribution in [0.15, 0.2) is 54.1 Å². The number of rotatable bonds is 8. The zero-order valence-electron chi connectivity index (χ0n) is 22.2. The fourth-order valence-corrected chi connectivity index (χ4v) is 7.27. The first kappa shape index (κ1) is 27.0. The summed E-state index contributed by atoms with van der Waals surface area (Å²) in [5, 5.41) is 16.9. The van der Waals surface area contributed by atoms with Gasteiger partial charge in [-0.25, -0.2) is 4.79 Å². The molecule has 4 rings (SSSR count). The van der Waals surface area contributed by atoms with Crippen LogP contribution in [0.3, 0.4) is 0 Å². The summed E-state index contributed by atoms with van der Waals surface area (Å²) < 4.78 is 18.2. The van der Waals surface area contributed by atoms with E-state index in [1.54, 1.807) is 7.11 Å². The van der Waals surface area contributed by atoms with Gasteiger partial charge >= 0.3 is 6.09 Å². The lowest BCUT2D eigenvalue weighted by Crippen LogP contribution is -2.62. The van der Waals surface area contributed by atoms with Crippen molar-refractivity contribution in [3.05, 3.63) is 54.1 Å². The molecule has 6 unspecified atom stereocenters. The molecule has 1 saturated carbocycles. The highest BCUT2D eigenvalue weighted by molar-refractivity contribution is 7.95. The molecule has 2 N–H and O–H groups in total. The molecular weight excluding hydrogens is 474 g/mol. The van der Waals surface area contributed by atoms with Gasteiger partial charge in [-0.05, 0) is 62.4 Å². The normalized spacial score (nSPS) is 31.8. The number of epoxide rings is 1. The number of aliphatic hydroxyl groups is 1. The van der Waals surface area contributed by atoms with E-state index in [-0.39, 0.29) is 22.9 Å². The van der Waals surface area contributed by atoms with Crippen molar-refractivity contribution in [2.45, 2.75) is 69.5 Å². The van der Waals surface area contributed by atoms with Crippen LogP contribution in [0.25, 0.3) is 10.8 Å². The Kier molecular flexibility index (Phi) is 8.05. The number of carbonyl (C=O) groups excluding carboxylic acids is 1. The minimum Gasteiger partial charge on any atom is -0.443 e. The van der Waals surface area contributed by atoms with Crippen LogP contribution in [0.1, 0.15) is 40.0 Å². The van der Waals surface area contributed by atoms with Crippen LogP contribution in [0.2, 0.25) is 0 Å². The Balaban J connectivity index is 1.55. The highest BCUT2D eigenvalue weighted by atomic mass is 32.2. The van der Waals surface area contributed by atoms with E-state index >= 15 is 0 Å². The third-order valence-corrected chi connectivity index (χ3v) is 8.64. The number of allylic oxidation sites excluding steroid dienone is 1. The first-order valence-electron chi connectivity index (χ1n) is 12.6. The van der Waals surface area contributed by atoms with Crippen molar-refractivity contribution in [1.29, 1.82) is 0 Å². The Labute approximate surface area is 217 Å². The van der Waals surface area contributed by atoms with Crippen molar-refractivity contribution in [2.75, 3.05) is 30.7 Å². The third-order valence-electron chi connectivity index (χ3n) is 7.57. The molecule has 1 aliphatic heterocycles. The van der Waals surface area contributed by atoms with Gasteiger partial charge in [0.2, 0.25) is 0 Å². The molecule has 1 aliphatic carbocycles. The Bertz CT molecular complexity index is 1110. The van der Waals surface area contributed by atoms with Crippen molar-refractivity contribution in [1.82, 2.24) is 0 Å². The smallest absolute Gasteiger partial charge is 0.412 e. The number of anilines is 1. The number of amides is 1. The zero-order chi connectivity index (χ0) is 26.1. The van der Waals surface area contributed by atoms with Crippen LogP contribution in [0.4, 0.5) is 10.5 Å². The molecule has 2 aromatic carbocycles. The number of hydrogen-bond acceptors (Lipinski definition) is 5. The Morgan fingerprint density at radius 2 is 1.94 bits per heavy atom. The SMILES string of the molecule is COC1C(OC(=O)Nc2cccc3ccccc23)CCC(O)(C[S+](C)C)C1C1(C)OC1CC=C(C)C. The maximum absolute atomic E-state index is 13.0. The number of hydrogen-bond donors (Lipinski definition) is 2. The molecule has 2 aliphatic rings. The summed E-state index contributed by atoms with van der Waals surface area (Å²) in [4.78, 5) is 13.0. The fourth-order valence-electron chi connectivity index (χ4n) is 5.95. The van der Waals surface area contributed by atoms with E-state index in [0.29, 0.717) is 24.3 Å². The highest BCUT2D eigenvalue weighted by Crippen LogP contribution is 2.55. The number of benzene rings is 2. The van der Waals surface area contributed by atoms with Crippen LogP contribution >= 0.6 is 0 Å². The third kappa shape index (κ3) is 5.59. The van der Waals surface area contributed by atoms with E-state index in [4.69, 9.17) is 14.2 Å². The second kappa shape index (κ2) is 10.7.